The van der Waals surface area contributed by atoms with Gasteiger partial charge in [0.05, 0.1) is 0 Å². The average molecular weight is 244 g/mol. The summed E-state index contributed by atoms with van der Waals surface area (Å²) in [6.45, 7) is 8.25. The van der Waals surface area contributed by atoms with Crippen LogP contribution >= 0.6 is 11.8 Å². The van der Waals surface area contributed by atoms with Crippen LogP contribution in [0.1, 0.15) is 38.2 Å². The number of allylic oxidation sites excluding steroid dienone is 3. The van der Waals surface area contributed by atoms with Crippen molar-refractivity contribution in [3.8, 4) is 0 Å². The number of thioether (sulfide) groups is 1. The lowest BCUT2D eigenvalue weighted by Gasteiger charge is -2.14. The van der Waals surface area contributed by atoms with Crippen LogP contribution in [0.2, 0.25) is 0 Å². The third-order valence-electron chi connectivity index (χ3n) is 3.46. The Morgan fingerprint density at radius 2 is 2.18 bits per heavy atom. The maximum absolute atomic E-state index is 3.79. The fourth-order valence-electron chi connectivity index (χ4n) is 2.39. The first-order valence-corrected chi connectivity index (χ1v) is 7.15. The van der Waals surface area contributed by atoms with Gasteiger partial charge in [0.25, 0.3) is 0 Å². The highest BCUT2D eigenvalue weighted by molar-refractivity contribution is 8.00. The predicted octanol–water partition coefficient (Wildman–Crippen LogP) is 5.18. The Morgan fingerprint density at radius 3 is 2.94 bits per heavy atom. The van der Waals surface area contributed by atoms with Crippen LogP contribution in [0.5, 0.6) is 0 Å². The summed E-state index contributed by atoms with van der Waals surface area (Å²) in [6, 6.07) is 8.85. The van der Waals surface area contributed by atoms with E-state index in [0.717, 1.165) is 6.42 Å². The first-order valence-electron chi connectivity index (χ1n) is 6.27. The van der Waals surface area contributed by atoms with E-state index in [1.54, 1.807) is 5.56 Å². The largest absolute Gasteiger partial charge is 0.122 e. The number of benzene rings is 1. The normalized spacial score (nSPS) is 23.5. The monoisotopic (exact) mass is 244 g/mol. The summed E-state index contributed by atoms with van der Waals surface area (Å²) in [7, 11) is 0. The third-order valence-corrected chi connectivity index (χ3v) is 4.79. The molecule has 17 heavy (non-hydrogen) atoms. The van der Waals surface area contributed by atoms with Crippen LogP contribution in [0, 0.1) is 0 Å². The van der Waals surface area contributed by atoms with Crippen molar-refractivity contribution >= 4 is 11.8 Å². The summed E-state index contributed by atoms with van der Waals surface area (Å²) in [6.07, 6.45) is 6.63. The highest BCUT2D eigenvalue weighted by Gasteiger charge is 2.28. The van der Waals surface area contributed by atoms with Gasteiger partial charge in [-0.25, -0.2) is 0 Å². The molecular formula is C16H20S. The van der Waals surface area contributed by atoms with Gasteiger partial charge in [-0.1, -0.05) is 49.4 Å². The Balaban J connectivity index is 2.04. The lowest BCUT2D eigenvalue weighted by atomic mass is 9.91. The molecule has 1 aromatic carbocycles. The van der Waals surface area contributed by atoms with E-state index < -0.39 is 0 Å². The molecule has 0 aromatic heterocycles. The minimum atomic E-state index is 0.713. The van der Waals surface area contributed by atoms with Gasteiger partial charge in [0, 0.05) is 10.1 Å². The first-order chi connectivity index (χ1) is 8.22. The Kier molecular flexibility index (Phi) is 4.11. The molecule has 0 spiro atoms. The lowest BCUT2D eigenvalue weighted by molar-refractivity contribution is 0.631. The van der Waals surface area contributed by atoms with Crippen LogP contribution in [0.4, 0.5) is 0 Å². The molecule has 0 bridgehead atoms. The zero-order valence-corrected chi connectivity index (χ0v) is 11.5. The van der Waals surface area contributed by atoms with Gasteiger partial charge in [0.15, 0.2) is 0 Å². The summed E-state index contributed by atoms with van der Waals surface area (Å²) < 4.78 is 0. The van der Waals surface area contributed by atoms with E-state index in [2.05, 4.69) is 50.8 Å². The molecule has 2 atom stereocenters. The summed E-state index contributed by atoms with van der Waals surface area (Å²) in [5.74, 6) is 0.713. The number of fused-ring (bicyclic) bond motifs is 1. The van der Waals surface area contributed by atoms with Crippen LogP contribution in [0.3, 0.4) is 0 Å². The van der Waals surface area contributed by atoms with Gasteiger partial charge < -0.3 is 0 Å². The van der Waals surface area contributed by atoms with Crippen LogP contribution in [-0.4, -0.2) is 5.25 Å². The van der Waals surface area contributed by atoms with Crippen molar-refractivity contribution in [2.45, 2.75) is 42.8 Å². The molecule has 90 valence electrons. The molecule has 1 aromatic rings. The quantitative estimate of drug-likeness (QED) is 0.658. The van der Waals surface area contributed by atoms with E-state index >= 15 is 0 Å². The second-order valence-electron chi connectivity index (χ2n) is 4.70. The Labute approximate surface area is 109 Å². The summed E-state index contributed by atoms with van der Waals surface area (Å²) in [5.41, 5.74) is 2.84. The van der Waals surface area contributed by atoms with Crippen molar-refractivity contribution in [3.05, 3.63) is 54.1 Å². The summed E-state index contributed by atoms with van der Waals surface area (Å²) >= 11 is 2.02. The molecule has 0 amide bonds. The van der Waals surface area contributed by atoms with Crippen molar-refractivity contribution in [3.63, 3.8) is 0 Å². The number of hydrogen-bond donors (Lipinski definition) is 0. The van der Waals surface area contributed by atoms with Crippen molar-refractivity contribution in [2.24, 2.45) is 0 Å². The van der Waals surface area contributed by atoms with Gasteiger partial charge in [-0.3, -0.25) is 0 Å². The van der Waals surface area contributed by atoms with E-state index in [-0.39, 0.29) is 0 Å². The Bertz CT molecular complexity index is 431. The average Bonchev–Trinajstić information content (AvgIpc) is 2.66. The molecule has 0 saturated heterocycles. The van der Waals surface area contributed by atoms with Gasteiger partial charge in [0.1, 0.15) is 0 Å². The van der Waals surface area contributed by atoms with Crippen LogP contribution in [-0.2, 0) is 0 Å². The van der Waals surface area contributed by atoms with E-state index in [1.807, 2.05) is 17.8 Å². The smallest absolute Gasteiger partial charge is 0.0135 e. The zero-order valence-electron chi connectivity index (χ0n) is 10.6. The summed E-state index contributed by atoms with van der Waals surface area (Å²) in [5, 5.41) is 0.713. The van der Waals surface area contributed by atoms with Crippen LogP contribution in [0.25, 0.3) is 0 Å². The molecule has 1 aliphatic heterocycles. The molecule has 0 N–H and O–H groups in total. The molecule has 0 saturated carbocycles. The van der Waals surface area contributed by atoms with Crippen molar-refractivity contribution in [1.82, 2.24) is 0 Å². The molecule has 0 aliphatic carbocycles. The Morgan fingerprint density at radius 1 is 1.41 bits per heavy atom. The lowest BCUT2D eigenvalue weighted by Crippen LogP contribution is -2.05. The second kappa shape index (κ2) is 5.59. The fourth-order valence-corrected chi connectivity index (χ4v) is 3.75. The van der Waals surface area contributed by atoms with Gasteiger partial charge in [-0.05, 0) is 37.3 Å². The molecular weight excluding hydrogens is 224 g/mol. The van der Waals surface area contributed by atoms with Crippen molar-refractivity contribution in [2.75, 3.05) is 0 Å². The van der Waals surface area contributed by atoms with Gasteiger partial charge in [0.2, 0.25) is 0 Å². The minimum Gasteiger partial charge on any atom is -0.122 e. The molecule has 1 heterocycles. The zero-order chi connectivity index (χ0) is 12.3. The standard InChI is InChI=1S/C16H20S/c1-4-12(2)8-7-10-14-13(3)17-16-11-6-5-9-15(14)16/h4-6,8-9,11,13-14H,1,7,10H2,2-3H3. The van der Waals surface area contributed by atoms with Crippen LogP contribution < -0.4 is 0 Å². The van der Waals surface area contributed by atoms with E-state index in [1.165, 1.54) is 16.9 Å². The SMILES string of the molecule is C=CC(C)=CCCC1c2ccccc2SC1C. The molecule has 0 fully saturated rings. The van der Waals surface area contributed by atoms with E-state index in [0.29, 0.717) is 11.2 Å². The second-order valence-corrected chi connectivity index (χ2v) is 6.12. The van der Waals surface area contributed by atoms with E-state index in [4.69, 9.17) is 0 Å². The first kappa shape index (κ1) is 12.5. The molecule has 2 unspecified atom stereocenters. The maximum atomic E-state index is 3.79. The molecule has 0 nitrogen and oxygen atoms in total. The fraction of sp³-hybridized carbons (Fsp3) is 0.375. The maximum Gasteiger partial charge on any atom is 0.0135 e. The van der Waals surface area contributed by atoms with Crippen LogP contribution in [0.15, 0.2) is 53.5 Å². The molecule has 0 radical (unpaired) electrons. The number of hydrogen-bond acceptors (Lipinski definition) is 1. The summed E-state index contributed by atoms with van der Waals surface area (Å²) in [4.78, 5) is 1.48. The van der Waals surface area contributed by atoms with Crippen molar-refractivity contribution < 1.29 is 0 Å². The minimum absolute atomic E-state index is 0.713. The molecule has 2 rings (SSSR count). The van der Waals surface area contributed by atoms with Gasteiger partial charge in [-0.15, -0.1) is 11.8 Å². The third kappa shape index (κ3) is 2.84. The molecule has 1 heteroatoms. The predicted molar refractivity (Wildman–Crippen MR) is 77.7 cm³/mol. The Hall–Kier alpha value is -0.950. The number of rotatable bonds is 4. The topological polar surface area (TPSA) is 0 Å². The molecule has 1 aliphatic rings. The highest BCUT2D eigenvalue weighted by Crippen LogP contribution is 2.47. The van der Waals surface area contributed by atoms with Gasteiger partial charge >= 0.3 is 0 Å². The van der Waals surface area contributed by atoms with Crippen molar-refractivity contribution in [1.29, 1.82) is 0 Å². The highest BCUT2D eigenvalue weighted by atomic mass is 32.2. The van der Waals surface area contributed by atoms with E-state index in [9.17, 15) is 0 Å². The van der Waals surface area contributed by atoms with Gasteiger partial charge in [-0.2, -0.15) is 0 Å².